The first-order valence-electron chi connectivity index (χ1n) is 2.40. The van der Waals surface area contributed by atoms with Crippen LogP contribution < -0.4 is 0 Å². The molecule has 0 heterocycles. The van der Waals surface area contributed by atoms with Crippen molar-refractivity contribution in [3.05, 3.63) is 0 Å². The van der Waals surface area contributed by atoms with E-state index >= 15 is 0 Å². The lowest BCUT2D eigenvalue weighted by atomic mass is 10.5. The van der Waals surface area contributed by atoms with E-state index in [1.165, 1.54) is 0 Å². The Balaban J connectivity index is 3.90. The topological polar surface area (TPSA) is 67.9 Å². The van der Waals surface area contributed by atoms with Gasteiger partial charge in [0.05, 0.1) is 12.1 Å². The number of carbonyl (C=O) groups excluding carboxylic acids is 1. The van der Waals surface area contributed by atoms with Crippen LogP contribution in [0.1, 0.15) is 0 Å². The van der Waals surface area contributed by atoms with E-state index in [0.29, 0.717) is 0 Å². The third kappa shape index (κ3) is 2.91. The molecule has 0 rings (SSSR count). The van der Waals surface area contributed by atoms with Crippen molar-refractivity contribution in [1.29, 1.82) is 10.5 Å². The van der Waals surface area contributed by atoms with Crippen molar-refractivity contribution in [2.45, 2.75) is 0 Å². The van der Waals surface area contributed by atoms with E-state index in [9.17, 15) is 4.79 Å². The van der Waals surface area contributed by atoms with Gasteiger partial charge >= 0.3 is 5.37 Å². The summed E-state index contributed by atoms with van der Waals surface area (Å²) in [4.78, 5) is 11.2. The Morgan fingerprint density at radius 2 is 1.80 bits per heavy atom. The SMILES string of the molecule is N#CCN(CC#N)C(=O)Cl. The molecule has 0 atom stereocenters. The Morgan fingerprint density at radius 3 is 2.00 bits per heavy atom. The molecular weight excluding hydrogens is 154 g/mol. The number of nitriles is 2. The summed E-state index contributed by atoms with van der Waals surface area (Å²) in [6, 6.07) is 3.41. The lowest BCUT2D eigenvalue weighted by Gasteiger charge is -2.09. The molecule has 5 heteroatoms. The first-order chi connectivity index (χ1) is 4.72. The van der Waals surface area contributed by atoms with Gasteiger partial charge in [-0.3, -0.25) is 4.79 Å². The molecule has 0 saturated heterocycles. The minimum atomic E-state index is -0.775. The molecule has 0 bridgehead atoms. The molecule has 52 valence electrons. The Hall–Kier alpha value is -1.26. The highest BCUT2D eigenvalue weighted by molar-refractivity contribution is 6.62. The Morgan fingerprint density at radius 1 is 1.40 bits per heavy atom. The summed E-state index contributed by atoms with van der Waals surface area (Å²) in [6.45, 7) is -0.286. The zero-order chi connectivity index (χ0) is 7.98. The molecule has 10 heavy (non-hydrogen) atoms. The molecule has 0 aromatic rings. The monoisotopic (exact) mass is 157 g/mol. The summed E-state index contributed by atoms with van der Waals surface area (Å²) in [6.07, 6.45) is 0. The van der Waals surface area contributed by atoms with E-state index in [2.05, 4.69) is 0 Å². The fraction of sp³-hybridized carbons (Fsp3) is 0.400. The van der Waals surface area contributed by atoms with E-state index in [-0.39, 0.29) is 13.1 Å². The van der Waals surface area contributed by atoms with Crippen LogP contribution in [-0.4, -0.2) is 23.4 Å². The van der Waals surface area contributed by atoms with Crippen molar-refractivity contribution in [3.63, 3.8) is 0 Å². The van der Waals surface area contributed by atoms with E-state index < -0.39 is 5.37 Å². The first-order valence-corrected chi connectivity index (χ1v) is 2.78. The molecule has 0 radical (unpaired) electrons. The number of halogens is 1. The number of hydrogen-bond donors (Lipinski definition) is 0. The summed E-state index contributed by atoms with van der Waals surface area (Å²) >= 11 is 4.99. The number of rotatable bonds is 2. The molecule has 0 aromatic carbocycles. The van der Waals surface area contributed by atoms with Crippen molar-refractivity contribution in [3.8, 4) is 12.1 Å². The maximum absolute atomic E-state index is 10.3. The molecule has 0 aromatic heterocycles. The van der Waals surface area contributed by atoms with Gasteiger partial charge in [0, 0.05) is 0 Å². The summed E-state index contributed by atoms with van der Waals surface area (Å²) in [7, 11) is 0. The van der Waals surface area contributed by atoms with Crippen molar-refractivity contribution in [2.24, 2.45) is 0 Å². The van der Waals surface area contributed by atoms with Crippen LogP contribution >= 0.6 is 11.6 Å². The van der Waals surface area contributed by atoms with Crippen LogP contribution in [0, 0.1) is 22.7 Å². The molecule has 0 saturated carbocycles. The number of nitrogens with zero attached hydrogens (tertiary/aromatic N) is 3. The van der Waals surface area contributed by atoms with Gasteiger partial charge in [-0.25, -0.2) is 0 Å². The van der Waals surface area contributed by atoms with Gasteiger partial charge < -0.3 is 4.90 Å². The molecule has 0 spiro atoms. The van der Waals surface area contributed by atoms with Gasteiger partial charge in [-0.2, -0.15) is 10.5 Å². The average Bonchev–Trinajstić information content (AvgIpc) is 1.87. The van der Waals surface area contributed by atoms with Crippen molar-refractivity contribution >= 4 is 17.0 Å². The second-order valence-electron chi connectivity index (χ2n) is 1.43. The van der Waals surface area contributed by atoms with Crippen LogP contribution in [0.4, 0.5) is 4.79 Å². The first kappa shape index (κ1) is 8.74. The van der Waals surface area contributed by atoms with E-state index in [1.54, 1.807) is 12.1 Å². The van der Waals surface area contributed by atoms with Gasteiger partial charge in [0.2, 0.25) is 0 Å². The second-order valence-corrected chi connectivity index (χ2v) is 1.75. The Labute approximate surface area is 63.2 Å². The van der Waals surface area contributed by atoms with Gasteiger partial charge in [-0.15, -0.1) is 0 Å². The highest BCUT2D eigenvalue weighted by Gasteiger charge is 2.07. The van der Waals surface area contributed by atoms with Gasteiger partial charge in [-0.05, 0) is 11.6 Å². The largest absolute Gasteiger partial charge is 0.318 e. The van der Waals surface area contributed by atoms with Crippen molar-refractivity contribution < 1.29 is 4.79 Å². The van der Waals surface area contributed by atoms with Gasteiger partial charge in [-0.1, -0.05) is 0 Å². The normalized spacial score (nSPS) is 7.50. The molecule has 0 unspecified atom stereocenters. The van der Waals surface area contributed by atoms with Crippen LogP contribution in [0.5, 0.6) is 0 Å². The summed E-state index contributed by atoms with van der Waals surface area (Å²) < 4.78 is 0. The standard InChI is InChI=1S/C5H4ClN3O/c6-5(10)9(3-1-7)4-2-8/h3-4H2. The molecule has 0 N–H and O–H groups in total. The van der Waals surface area contributed by atoms with Crippen molar-refractivity contribution in [1.82, 2.24) is 4.90 Å². The Bertz CT molecular complexity index is 186. The fourth-order valence-corrected chi connectivity index (χ4v) is 0.470. The maximum Gasteiger partial charge on any atom is 0.318 e. The third-order valence-electron chi connectivity index (χ3n) is 0.772. The number of amides is 1. The molecule has 0 aliphatic rings. The maximum atomic E-state index is 10.3. The van der Waals surface area contributed by atoms with Crippen molar-refractivity contribution in [2.75, 3.05) is 13.1 Å². The van der Waals surface area contributed by atoms with Gasteiger partial charge in [0.25, 0.3) is 0 Å². The Kier molecular flexibility index (Phi) is 4.02. The van der Waals surface area contributed by atoms with Crippen LogP contribution in [0.3, 0.4) is 0 Å². The van der Waals surface area contributed by atoms with Gasteiger partial charge in [0.15, 0.2) is 0 Å². The summed E-state index contributed by atoms with van der Waals surface area (Å²) in [5, 5.41) is 15.4. The highest BCUT2D eigenvalue weighted by atomic mass is 35.5. The fourth-order valence-electron chi connectivity index (χ4n) is 0.351. The minimum absolute atomic E-state index is 0.143. The molecule has 4 nitrogen and oxygen atoms in total. The van der Waals surface area contributed by atoms with E-state index in [0.717, 1.165) is 4.90 Å². The van der Waals surface area contributed by atoms with Crippen LogP contribution in [0.2, 0.25) is 0 Å². The molecule has 1 amide bonds. The van der Waals surface area contributed by atoms with Crippen LogP contribution in [0.15, 0.2) is 0 Å². The predicted octanol–water partition coefficient (Wildman–Crippen LogP) is 0.694. The molecule has 0 fully saturated rings. The summed E-state index contributed by atoms with van der Waals surface area (Å²) in [5.41, 5.74) is 0. The lowest BCUT2D eigenvalue weighted by Crippen LogP contribution is -2.26. The summed E-state index contributed by atoms with van der Waals surface area (Å²) in [5.74, 6) is 0. The smallest absolute Gasteiger partial charge is 0.303 e. The number of carbonyl (C=O) groups is 1. The molecule has 0 aliphatic carbocycles. The predicted molar refractivity (Wildman–Crippen MR) is 34.0 cm³/mol. The third-order valence-corrected chi connectivity index (χ3v) is 1.01. The number of hydrogen-bond acceptors (Lipinski definition) is 3. The average molecular weight is 158 g/mol. The van der Waals surface area contributed by atoms with Crippen LogP contribution in [0.25, 0.3) is 0 Å². The molecule has 0 aliphatic heterocycles. The van der Waals surface area contributed by atoms with Crippen LogP contribution in [-0.2, 0) is 0 Å². The van der Waals surface area contributed by atoms with Gasteiger partial charge in [0.1, 0.15) is 13.1 Å². The quantitative estimate of drug-likeness (QED) is 0.337. The highest BCUT2D eigenvalue weighted by Crippen LogP contribution is 1.93. The zero-order valence-corrected chi connectivity index (χ0v) is 5.80. The minimum Gasteiger partial charge on any atom is -0.303 e. The zero-order valence-electron chi connectivity index (χ0n) is 5.04. The van der Waals surface area contributed by atoms with E-state index in [1.807, 2.05) is 0 Å². The second kappa shape index (κ2) is 4.60. The van der Waals surface area contributed by atoms with E-state index in [4.69, 9.17) is 22.1 Å². The molecular formula is C5H4ClN3O. The lowest BCUT2D eigenvalue weighted by molar-refractivity contribution is 0.233.